The predicted octanol–water partition coefficient (Wildman–Crippen LogP) is 3.11. The monoisotopic (exact) mass is 324 g/mol. The summed E-state index contributed by atoms with van der Waals surface area (Å²) >= 11 is 5.44. The molecule has 0 amide bonds. The number of halogens is 2. The molecule has 2 rings (SSSR count). The Morgan fingerprint density at radius 3 is 2.56 bits per heavy atom. The fraction of sp³-hybridized carbons (Fsp3) is 0.636. The molecule has 16 heavy (non-hydrogen) atoms. The Kier molecular flexibility index (Phi) is 5.74. The van der Waals surface area contributed by atoms with E-state index >= 15 is 0 Å². The van der Waals surface area contributed by atoms with Crippen molar-refractivity contribution >= 4 is 39.7 Å². The van der Waals surface area contributed by atoms with E-state index in [2.05, 4.69) is 51.4 Å². The number of hydrogen-bond acceptors (Lipinski definition) is 3. The van der Waals surface area contributed by atoms with Gasteiger partial charge in [0.2, 0.25) is 0 Å². The molecule has 5 heteroatoms. The molecule has 2 heterocycles. The van der Waals surface area contributed by atoms with Gasteiger partial charge in [-0.05, 0) is 41.2 Å². The Balaban J connectivity index is 0.00000128. The molecule has 92 valence electrons. The minimum Gasteiger partial charge on any atom is -0.314 e. The molecular formula is C11H18BrClN2S. The van der Waals surface area contributed by atoms with Crippen LogP contribution in [0.5, 0.6) is 0 Å². The molecule has 2 atom stereocenters. The van der Waals surface area contributed by atoms with E-state index in [0.29, 0.717) is 12.1 Å². The van der Waals surface area contributed by atoms with E-state index in [1.165, 1.54) is 9.35 Å². The summed E-state index contributed by atoms with van der Waals surface area (Å²) in [6.07, 6.45) is 0. The highest BCUT2D eigenvalue weighted by Crippen LogP contribution is 2.26. The van der Waals surface area contributed by atoms with Gasteiger partial charge in [-0.25, -0.2) is 0 Å². The number of thiophene rings is 1. The maximum Gasteiger partial charge on any atom is 0.0346 e. The van der Waals surface area contributed by atoms with E-state index in [4.69, 9.17) is 0 Å². The van der Waals surface area contributed by atoms with Gasteiger partial charge in [0.05, 0.1) is 0 Å². The van der Waals surface area contributed by atoms with E-state index in [0.717, 1.165) is 19.6 Å². The zero-order valence-electron chi connectivity index (χ0n) is 9.57. The number of piperazine rings is 1. The smallest absolute Gasteiger partial charge is 0.0346 e. The average molecular weight is 326 g/mol. The van der Waals surface area contributed by atoms with Gasteiger partial charge < -0.3 is 5.32 Å². The van der Waals surface area contributed by atoms with Crippen molar-refractivity contribution in [1.82, 2.24) is 10.2 Å². The van der Waals surface area contributed by atoms with Crippen LogP contribution in [0.15, 0.2) is 15.9 Å². The van der Waals surface area contributed by atoms with E-state index in [1.807, 2.05) is 11.3 Å². The highest BCUT2D eigenvalue weighted by molar-refractivity contribution is 9.10. The standard InChI is InChI=1S/C11H17BrN2S.ClH/c1-8-5-13-6-9(2)14(8)7-11-10(12)3-4-15-11;/h3-4,8-9,13H,5-7H2,1-2H3;1H/t8-,9+;. The van der Waals surface area contributed by atoms with Crippen LogP contribution in [0.3, 0.4) is 0 Å². The molecule has 0 spiro atoms. The molecule has 1 fully saturated rings. The van der Waals surface area contributed by atoms with Crippen LogP contribution in [0.4, 0.5) is 0 Å². The van der Waals surface area contributed by atoms with Crippen LogP contribution < -0.4 is 5.32 Å². The van der Waals surface area contributed by atoms with Gasteiger partial charge in [0.15, 0.2) is 0 Å². The molecule has 1 aromatic heterocycles. The molecule has 1 aromatic rings. The highest BCUT2D eigenvalue weighted by atomic mass is 79.9. The topological polar surface area (TPSA) is 15.3 Å². The normalized spacial score (nSPS) is 26.4. The summed E-state index contributed by atoms with van der Waals surface area (Å²) in [5, 5.41) is 5.61. The lowest BCUT2D eigenvalue weighted by molar-refractivity contribution is 0.110. The number of nitrogens with one attached hydrogen (secondary N) is 1. The van der Waals surface area contributed by atoms with Crippen LogP contribution in [0, 0.1) is 0 Å². The molecule has 0 aliphatic carbocycles. The van der Waals surface area contributed by atoms with E-state index in [-0.39, 0.29) is 12.4 Å². The second kappa shape index (κ2) is 6.36. The zero-order chi connectivity index (χ0) is 10.8. The molecule has 0 unspecified atom stereocenters. The summed E-state index contributed by atoms with van der Waals surface area (Å²) in [5.74, 6) is 0. The summed E-state index contributed by atoms with van der Waals surface area (Å²) in [7, 11) is 0. The van der Waals surface area contributed by atoms with Gasteiger partial charge in [-0.3, -0.25) is 4.90 Å². The Morgan fingerprint density at radius 1 is 1.44 bits per heavy atom. The first-order chi connectivity index (χ1) is 7.18. The van der Waals surface area contributed by atoms with Gasteiger partial charge in [-0.15, -0.1) is 23.7 Å². The maximum atomic E-state index is 3.60. The van der Waals surface area contributed by atoms with Crippen molar-refractivity contribution in [3.05, 3.63) is 20.8 Å². The van der Waals surface area contributed by atoms with E-state index in [1.54, 1.807) is 0 Å². The van der Waals surface area contributed by atoms with Crippen molar-refractivity contribution in [2.45, 2.75) is 32.5 Å². The van der Waals surface area contributed by atoms with Crippen LogP contribution in [0.25, 0.3) is 0 Å². The largest absolute Gasteiger partial charge is 0.314 e. The van der Waals surface area contributed by atoms with Gasteiger partial charge in [0, 0.05) is 41.1 Å². The molecule has 0 radical (unpaired) electrons. The van der Waals surface area contributed by atoms with E-state index < -0.39 is 0 Å². The van der Waals surface area contributed by atoms with Gasteiger partial charge in [-0.2, -0.15) is 0 Å². The molecule has 1 aliphatic rings. The first-order valence-electron chi connectivity index (χ1n) is 5.37. The Labute approximate surface area is 116 Å². The van der Waals surface area contributed by atoms with Gasteiger partial charge >= 0.3 is 0 Å². The first-order valence-corrected chi connectivity index (χ1v) is 7.04. The second-order valence-electron chi connectivity index (χ2n) is 4.22. The minimum atomic E-state index is 0. The average Bonchev–Trinajstić information content (AvgIpc) is 2.58. The summed E-state index contributed by atoms with van der Waals surface area (Å²) < 4.78 is 1.26. The van der Waals surface area contributed by atoms with Crippen LogP contribution in [0.1, 0.15) is 18.7 Å². The summed E-state index contributed by atoms with van der Waals surface area (Å²) in [4.78, 5) is 4.02. The first kappa shape index (κ1) is 14.5. The van der Waals surface area contributed by atoms with Crippen molar-refractivity contribution in [2.75, 3.05) is 13.1 Å². The summed E-state index contributed by atoms with van der Waals surface area (Å²) in [6, 6.07) is 3.39. The van der Waals surface area contributed by atoms with Gasteiger partial charge in [0.25, 0.3) is 0 Å². The fourth-order valence-corrected chi connectivity index (χ4v) is 3.57. The second-order valence-corrected chi connectivity index (χ2v) is 6.08. The lowest BCUT2D eigenvalue weighted by Crippen LogP contribution is -2.54. The van der Waals surface area contributed by atoms with Crippen molar-refractivity contribution in [1.29, 1.82) is 0 Å². The third kappa shape index (κ3) is 3.20. The molecule has 1 N–H and O–H groups in total. The lowest BCUT2D eigenvalue weighted by atomic mass is 10.1. The fourth-order valence-electron chi connectivity index (χ4n) is 2.09. The van der Waals surface area contributed by atoms with Crippen molar-refractivity contribution in [3.8, 4) is 0 Å². The summed E-state index contributed by atoms with van der Waals surface area (Å²) in [6.45, 7) is 7.87. The zero-order valence-corrected chi connectivity index (χ0v) is 12.8. The van der Waals surface area contributed by atoms with Crippen molar-refractivity contribution < 1.29 is 0 Å². The molecule has 0 bridgehead atoms. The maximum absolute atomic E-state index is 3.60. The molecule has 1 aliphatic heterocycles. The number of hydrogen-bond donors (Lipinski definition) is 1. The van der Waals surface area contributed by atoms with Crippen LogP contribution in [-0.4, -0.2) is 30.1 Å². The molecule has 2 nitrogen and oxygen atoms in total. The van der Waals surface area contributed by atoms with Crippen LogP contribution in [-0.2, 0) is 6.54 Å². The van der Waals surface area contributed by atoms with Gasteiger partial charge in [0.1, 0.15) is 0 Å². The summed E-state index contributed by atoms with van der Waals surface area (Å²) in [5.41, 5.74) is 0. The lowest BCUT2D eigenvalue weighted by Gasteiger charge is -2.39. The quantitative estimate of drug-likeness (QED) is 0.899. The van der Waals surface area contributed by atoms with Crippen molar-refractivity contribution in [2.24, 2.45) is 0 Å². The molecule has 0 aromatic carbocycles. The van der Waals surface area contributed by atoms with Crippen LogP contribution in [0.2, 0.25) is 0 Å². The Hall–Kier alpha value is 0.390. The predicted molar refractivity (Wildman–Crippen MR) is 76.6 cm³/mol. The third-order valence-electron chi connectivity index (χ3n) is 3.03. The third-order valence-corrected chi connectivity index (χ3v) is 4.94. The highest BCUT2D eigenvalue weighted by Gasteiger charge is 2.24. The van der Waals surface area contributed by atoms with Crippen molar-refractivity contribution in [3.63, 3.8) is 0 Å². The molecular weight excluding hydrogens is 308 g/mol. The van der Waals surface area contributed by atoms with Gasteiger partial charge in [-0.1, -0.05) is 0 Å². The Bertz CT molecular complexity index is 322. The number of nitrogens with zero attached hydrogens (tertiary/aromatic N) is 1. The van der Waals surface area contributed by atoms with E-state index in [9.17, 15) is 0 Å². The Morgan fingerprint density at radius 2 is 2.06 bits per heavy atom. The molecule has 1 saturated heterocycles. The molecule has 0 saturated carbocycles. The minimum absolute atomic E-state index is 0. The van der Waals surface area contributed by atoms with Crippen LogP contribution >= 0.6 is 39.7 Å². The number of rotatable bonds is 2. The SMILES string of the molecule is C[C@@H]1CNC[C@H](C)N1Cc1sccc1Br.Cl.